The van der Waals surface area contributed by atoms with Crippen LogP contribution in [0.5, 0.6) is 0 Å². The lowest BCUT2D eigenvalue weighted by molar-refractivity contribution is 0.184. The maximum Gasteiger partial charge on any atom is 0.218 e. The molecule has 3 aromatic heterocycles. The highest BCUT2D eigenvalue weighted by Crippen LogP contribution is 2.65. The summed E-state index contributed by atoms with van der Waals surface area (Å²) in [5.74, 6) is -0.452. The van der Waals surface area contributed by atoms with Gasteiger partial charge in [-0.2, -0.15) is 9.65 Å². The quantitative estimate of drug-likeness (QED) is 0.590. The second-order valence-electron chi connectivity index (χ2n) is 8.34. The standard InChI is InChI=1S/C22H20FN7OS/c1-21(17-6-22(17,10-31-2)32-20(25)30-21)14-3-12(8-27-19(14)23)4-15-18-16(29-11-28-15)5-13(7-24)9-26-18/h3,5,8-9,11,17H,4,6,10H2,1-2H3,(H2,25,30)/t17-,21+,22+/m0/s1. The number of hydrogen-bond donors (Lipinski definition) is 1. The van der Waals surface area contributed by atoms with E-state index in [1.54, 1.807) is 19.2 Å². The van der Waals surface area contributed by atoms with Gasteiger partial charge in [0.25, 0.3) is 0 Å². The Labute approximate surface area is 188 Å². The van der Waals surface area contributed by atoms with Gasteiger partial charge in [0, 0.05) is 37.4 Å². The maximum absolute atomic E-state index is 15.0. The first-order chi connectivity index (χ1) is 15.4. The summed E-state index contributed by atoms with van der Waals surface area (Å²) in [5, 5.41) is 9.53. The fourth-order valence-corrected chi connectivity index (χ4v) is 6.10. The number of nitrogens with two attached hydrogens (primary N) is 1. The van der Waals surface area contributed by atoms with Gasteiger partial charge in [-0.1, -0.05) is 11.8 Å². The van der Waals surface area contributed by atoms with E-state index >= 15 is 0 Å². The Hall–Kier alpha value is -3.16. The summed E-state index contributed by atoms with van der Waals surface area (Å²) in [4.78, 5) is 21.6. The number of fused-ring (bicyclic) bond motifs is 2. The first-order valence-corrected chi connectivity index (χ1v) is 10.9. The smallest absolute Gasteiger partial charge is 0.218 e. The molecule has 3 aromatic rings. The molecule has 2 aliphatic rings. The molecule has 3 atom stereocenters. The molecule has 1 fully saturated rings. The first-order valence-electron chi connectivity index (χ1n) is 10.1. The Morgan fingerprint density at radius 1 is 1.28 bits per heavy atom. The van der Waals surface area contributed by atoms with Crippen molar-refractivity contribution in [3.05, 3.63) is 59.2 Å². The van der Waals surface area contributed by atoms with Crippen LogP contribution in [0.25, 0.3) is 11.0 Å². The summed E-state index contributed by atoms with van der Waals surface area (Å²) in [7, 11) is 1.66. The molecule has 0 unspecified atom stereocenters. The van der Waals surface area contributed by atoms with Gasteiger partial charge in [0.05, 0.1) is 33.7 Å². The monoisotopic (exact) mass is 449 g/mol. The number of aromatic nitrogens is 4. The van der Waals surface area contributed by atoms with Crippen LogP contribution in [0.4, 0.5) is 4.39 Å². The Kier molecular flexibility index (Phi) is 4.83. The number of halogens is 1. The van der Waals surface area contributed by atoms with Gasteiger partial charge in [0.2, 0.25) is 5.95 Å². The first kappa shape index (κ1) is 20.7. The highest BCUT2D eigenvalue weighted by atomic mass is 32.2. The van der Waals surface area contributed by atoms with Crippen molar-refractivity contribution in [2.24, 2.45) is 16.6 Å². The largest absolute Gasteiger partial charge is 0.383 e. The van der Waals surface area contributed by atoms with Gasteiger partial charge in [-0.25, -0.2) is 15.0 Å². The van der Waals surface area contributed by atoms with E-state index in [1.807, 2.05) is 6.92 Å². The molecule has 0 spiro atoms. The average Bonchev–Trinajstić information content (AvgIpc) is 3.49. The predicted molar refractivity (Wildman–Crippen MR) is 118 cm³/mol. The van der Waals surface area contributed by atoms with Crippen molar-refractivity contribution in [2.75, 3.05) is 13.7 Å². The molecule has 0 bridgehead atoms. The van der Waals surface area contributed by atoms with Crippen LogP contribution >= 0.6 is 11.8 Å². The predicted octanol–water partition coefficient (Wildman–Crippen LogP) is 2.70. The molecular formula is C22H20FN7OS. The van der Waals surface area contributed by atoms with Gasteiger partial charge in [0.1, 0.15) is 17.9 Å². The van der Waals surface area contributed by atoms with E-state index < -0.39 is 11.5 Å². The van der Waals surface area contributed by atoms with Crippen molar-refractivity contribution in [3.63, 3.8) is 0 Å². The zero-order valence-electron chi connectivity index (χ0n) is 17.5. The van der Waals surface area contributed by atoms with Crippen molar-refractivity contribution in [3.8, 4) is 6.07 Å². The molecule has 4 heterocycles. The Bertz CT molecular complexity index is 1310. The van der Waals surface area contributed by atoms with Gasteiger partial charge in [-0.15, -0.1) is 0 Å². The number of thioether (sulfide) groups is 1. The van der Waals surface area contributed by atoms with E-state index in [4.69, 9.17) is 15.7 Å². The lowest BCUT2D eigenvalue weighted by atomic mass is 9.86. The van der Waals surface area contributed by atoms with E-state index in [9.17, 15) is 4.39 Å². The number of methoxy groups -OCH3 is 1. The molecule has 1 aliphatic carbocycles. The number of aliphatic imine (C=N–C) groups is 1. The van der Waals surface area contributed by atoms with E-state index in [1.165, 1.54) is 30.5 Å². The van der Waals surface area contributed by atoms with Crippen molar-refractivity contribution in [2.45, 2.75) is 30.1 Å². The molecule has 0 amide bonds. The van der Waals surface area contributed by atoms with E-state index in [-0.39, 0.29) is 10.7 Å². The molecule has 162 valence electrons. The normalized spacial score (nSPS) is 26.3. The molecular weight excluding hydrogens is 429 g/mol. The molecule has 32 heavy (non-hydrogen) atoms. The van der Waals surface area contributed by atoms with Crippen molar-refractivity contribution >= 4 is 28.0 Å². The number of hydrogen-bond acceptors (Lipinski definition) is 9. The zero-order chi connectivity index (χ0) is 22.5. The van der Waals surface area contributed by atoms with Gasteiger partial charge in [-0.05, 0) is 31.0 Å². The van der Waals surface area contributed by atoms with Crippen LogP contribution in [-0.4, -0.2) is 43.6 Å². The molecule has 1 aliphatic heterocycles. The number of rotatable bonds is 5. The van der Waals surface area contributed by atoms with Gasteiger partial charge >= 0.3 is 0 Å². The van der Waals surface area contributed by atoms with Crippen LogP contribution < -0.4 is 5.73 Å². The minimum atomic E-state index is -0.825. The van der Waals surface area contributed by atoms with Crippen molar-refractivity contribution in [1.82, 2.24) is 19.9 Å². The minimum absolute atomic E-state index is 0.102. The number of pyridine rings is 2. The van der Waals surface area contributed by atoms with Gasteiger partial charge in [-0.3, -0.25) is 9.98 Å². The number of ether oxygens (including phenoxy) is 1. The number of amidine groups is 1. The van der Waals surface area contributed by atoms with Crippen LogP contribution in [0.2, 0.25) is 0 Å². The summed E-state index contributed by atoms with van der Waals surface area (Å²) in [6, 6.07) is 5.52. The molecule has 10 heteroatoms. The third-order valence-corrected chi connectivity index (χ3v) is 7.51. The highest BCUT2D eigenvalue weighted by Gasteiger charge is 2.66. The zero-order valence-corrected chi connectivity index (χ0v) is 18.4. The fourth-order valence-electron chi connectivity index (χ4n) is 4.65. The average molecular weight is 450 g/mol. The molecule has 5 rings (SSSR count). The Morgan fingerprint density at radius 2 is 2.12 bits per heavy atom. The Balaban J connectivity index is 1.53. The topological polar surface area (TPSA) is 123 Å². The molecule has 0 saturated heterocycles. The minimum Gasteiger partial charge on any atom is -0.383 e. The molecule has 0 aromatic carbocycles. The van der Waals surface area contributed by atoms with Crippen LogP contribution in [0.3, 0.4) is 0 Å². The molecule has 2 N–H and O–H groups in total. The maximum atomic E-state index is 15.0. The third kappa shape index (κ3) is 3.29. The lowest BCUT2D eigenvalue weighted by Gasteiger charge is -2.34. The van der Waals surface area contributed by atoms with Gasteiger partial charge < -0.3 is 10.5 Å². The van der Waals surface area contributed by atoms with Crippen LogP contribution in [0.15, 0.2) is 35.8 Å². The van der Waals surface area contributed by atoms with E-state index in [0.29, 0.717) is 46.0 Å². The molecule has 1 saturated carbocycles. The second-order valence-corrected chi connectivity index (χ2v) is 9.77. The van der Waals surface area contributed by atoms with E-state index in [2.05, 4.69) is 31.0 Å². The highest BCUT2D eigenvalue weighted by molar-refractivity contribution is 8.15. The van der Waals surface area contributed by atoms with Crippen LogP contribution in [-0.2, 0) is 16.7 Å². The summed E-state index contributed by atoms with van der Waals surface area (Å²) in [6.45, 7) is 2.45. The van der Waals surface area contributed by atoms with Crippen molar-refractivity contribution < 1.29 is 9.13 Å². The van der Waals surface area contributed by atoms with Crippen LogP contribution in [0, 0.1) is 23.2 Å². The fraction of sp³-hybridized carbons (Fsp3) is 0.364. The second kappa shape index (κ2) is 7.46. The summed E-state index contributed by atoms with van der Waals surface area (Å²) >= 11 is 1.51. The Morgan fingerprint density at radius 3 is 2.91 bits per heavy atom. The van der Waals surface area contributed by atoms with Gasteiger partial charge in [0.15, 0.2) is 5.17 Å². The van der Waals surface area contributed by atoms with E-state index in [0.717, 1.165) is 12.0 Å². The summed E-state index contributed by atoms with van der Waals surface area (Å²) < 4.78 is 20.2. The molecule has 0 radical (unpaired) electrons. The van der Waals surface area contributed by atoms with Crippen LogP contribution in [0.1, 0.15) is 35.7 Å². The SMILES string of the molecule is COC[C@]12C[C@H]1[C@@](C)(c1cc(Cc3ncnc4cc(C#N)cnc34)cnc1F)N=C(N)S2. The third-order valence-electron chi connectivity index (χ3n) is 6.24. The number of nitrogens with zero attached hydrogens (tertiary/aromatic N) is 6. The summed E-state index contributed by atoms with van der Waals surface area (Å²) in [5.41, 5.74) is 8.79. The summed E-state index contributed by atoms with van der Waals surface area (Å²) in [6.07, 6.45) is 5.66. The lowest BCUT2D eigenvalue weighted by Crippen LogP contribution is -2.38. The number of nitriles is 1. The molecule has 8 nitrogen and oxygen atoms in total. The van der Waals surface area contributed by atoms with Crippen molar-refractivity contribution in [1.29, 1.82) is 5.26 Å².